The summed E-state index contributed by atoms with van der Waals surface area (Å²) in [5, 5.41) is 4.62. The molecule has 0 radical (unpaired) electrons. The summed E-state index contributed by atoms with van der Waals surface area (Å²) in [7, 11) is 1.68. The Labute approximate surface area is 157 Å². The Bertz CT molecular complexity index is 1100. The molecule has 2 aliphatic rings. The number of ether oxygens (including phenoxy) is 1. The molecule has 3 aromatic rings. The summed E-state index contributed by atoms with van der Waals surface area (Å²) in [5.74, 6) is 0.890. The molecule has 0 saturated carbocycles. The van der Waals surface area contributed by atoms with E-state index in [4.69, 9.17) is 4.74 Å². The number of ketones is 1. The van der Waals surface area contributed by atoms with Gasteiger partial charge in [0.1, 0.15) is 5.75 Å². The van der Waals surface area contributed by atoms with E-state index < -0.39 is 0 Å². The molecule has 0 spiro atoms. The summed E-state index contributed by atoms with van der Waals surface area (Å²) in [6.07, 6.45) is 4.20. The number of allylic oxidation sites excluding steroid dienone is 2. The van der Waals surface area contributed by atoms with Crippen molar-refractivity contribution in [3.05, 3.63) is 77.1 Å². The third-order valence-electron chi connectivity index (χ3n) is 5.60. The second-order valence-corrected chi connectivity index (χ2v) is 7.07. The molecule has 0 bridgehead atoms. The maximum Gasteiger partial charge on any atom is 0.161 e. The molecule has 1 N–H and O–H groups in total. The largest absolute Gasteiger partial charge is 0.496 e. The first-order chi connectivity index (χ1) is 13.3. The molecule has 27 heavy (non-hydrogen) atoms. The van der Waals surface area contributed by atoms with Gasteiger partial charge in [0.05, 0.1) is 12.6 Å². The van der Waals surface area contributed by atoms with Crippen LogP contribution in [-0.4, -0.2) is 17.9 Å². The molecule has 0 fully saturated rings. The second-order valence-electron chi connectivity index (χ2n) is 7.07. The highest BCUT2D eigenvalue weighted by Crippen LogP contribution is 2.49. The minimum absolute atomic E-state index is 0.145. The minimum atomic E-state index is -0.145. The lowest BCUT2D eigenvalue weighted by Gasteiger charge is -2.35. The molecular formula is C23H20N2O2. The van der Waals surface area contributed by atoms with Crippen molar-refractivity contribution >= 4 is 22.4 Å². The van der Waals surface area contributed by atoms with Crippen LogP contribution in [0.15, 0.2) is 66.0 Å². The van der Waals surface area contributed by atoms with E-state index in [1.54, 1.807) is 13.3 Å². The third-order valence-corrected chi connectivity index (χ3v) is 5.60. The van der Waals surface area contributed by atoms with Crippen molar-refractivity contribution in [2.45, 2.75) is 25.2 Å². The number of Topliss-reactive ketones (excluding diaryl/α,β-unsaturated/α-hetero) is 1. The van der Waals surface area contributed by atoms with Crippen LogP contribution in [0.3, 0.4) is 0 Å². The molecule has 1 atom stereocenters. The highest BCUT2D eigenvalue weighted by atomic mass is 16.5. The third kappa shape index (κ3) is 2.44. The molecule has 5 rings (SSSR count). The molecule has 4 heteroatoms. The van der Waals surface area contributed by atoms with Crippen LogP contribution in [-0.2, 0) is 4.79 Å². The minimum Gasteiger partial charge on any atom is -0.496 e. The number of fused-ring (bicyclic) bond motifs is 3. The zero-order valence-electron chi connectivity index (χ0n) is 15.2. The van der Waals surface area contributed by atoms with E-state index in [-0.39, 0.29) is 11.7 Å². The molecule has 1 aliphatic heterocycles. The van der Waals surface area contributed by atoms with Crippen molar-refractivity contribution in [2.24, 2.45) is 0 Å². The number of nitrogens with zero attached hydrogens (tertiary/aromatic N) is 1. The van der Waals surface area contributed by atoms with Crippen LogP contribution in [0.1, 0.15) is 36.3 Å². The SMILES string of the molecule is COc1ccccc1[C@@H]1C2=C(CCCC2=O)Nc2ccc3ncccc3c21. The van der Waals surface area contributed by atoms with E-state index in [0.29, 0.717) is 6.42 Å². The lowest BCUT2D eigenvalue weighted by molar-refractivity contribution is -0.116. The number of nitrogens with one attached hydrogen (secondary N) is 1. The van der Waals surface area contributed by atoms with E-state index in [2.05, 4.69) is 28.5 Å². The molecule has 0 saturated heterocycles. The summed E-state index contributed by atoms with van der Waals surface area (Å²) in [4.78, 5) is 17.5. The number of aromatic nitrogens is 1. The number of anilines is 1. The van der Waals surface area contributed by atoms with Crippen LogP contribution in [0.5, 0.6) is 5.75 Å². The Kier molecular flexibility index (Phi) is 3.71. The topological polar surface area (TPSA) is 51.2 Å². The van der Waals surface area contributed by atoms with E-state index in [1.807, 2.05) is 30.3 Å². The quantitative estimate of drug-likeness (QED) is 0.716. The Morgan fingerprint density at radius 2 is 1.96 bits per heavy atom. The summed E-state index contributed by atoms with van der Waals surface area (Å²) in [6, 6.07) is 16.2. The number of hydrogen-bond acceptors (Lipinski definition) is 4. The standard InChI is InChI=1S/C23H20N2O2/c1-27-20-10-3-2-6-15(20)22-21-14-7-5-13-24-16(14)11-12-18(21)25-17-8-4-9-19(26)23(17)22/h2-3,5-7,10-13,22,25H,4,8-9H2,1H3/t22-/m0/s1. The van der Waals surface area contributed by atoms with Crippen molar-refractivity contribution in [1.29, 1.82) is 0 Å². The van der Waals surface area contributed by atoms with Gasteiger partial charge in [-0.2, -0.15) is 0 Å². The molecule has 1 aromatic heterocycles. The van der Waals surface area contributed by atoms with Crippen LogP contribution < -0.4 is 10.1 Å². The van der Waals surface area contributed by atoms with Crippen molar-refractivity contribution in [3.63, 3.8) is 0 Å². The first-order valence-corrected chi connectivity index (χ1v) is 9.31. The van der Waals surface area contributed by atoms with Gasteiger partial charge in [0.15, 0.2) is 5.78 Å². The van der Waals surface area contributed by atoms with Gasteiger partial charge in [0.25, 0.3) is 0 Å². The number of rotatable bonds is 2. The number of benzene rings is 2. The Morgan fingerprint density at radius 3 is 2.85 bits per heavy atom. The van der Waals surface area contributed by atoms with Gasteiger partial charge in [-0.25, -0.2) is 0 Å². The second kappa shape index (κ2) is 6.23. The van der Waals surface area contributed by atoms with Crippen molar-refractivity contribution in [3.8, 4) is 5.75 Å². The van der Waals surface area contributed by atoms with Gasteiger partial charge in [0, 0.05) is 46.4 Å². The fourth-order valence-electron chi connectivity index (χ4n) is 4.45. The van der Waals surface area contributed by atoms with Gasteiger partial charge < -0.3 is 10.1 Å². The normalized spacial score (nSPS) is 18.7. The van der Waals surface area contributed by atoms with Crippen LogP contribution in [0.2, 0.25) is 0 Å². The lowest BCUT2D eigenvalue weighted by atomic mass is 9.74. The first-order valence-electron chi connectivity index (χ1n) is 9.31. The van der Waals surface area contributed by atoms with E-state index in [9.17, 15) is 4.79 Å². The van der Waals surface area contributed by atoms with Gasteiger partial charge in [-0.3, -0.25) is 9.78 Å². The molecule has 2 heterocycles. The zero-order valence-corrected chi connectivity index (χ0v) is 15.2. The average Bonchev–Trinajstić information content (AvgIpc) is 2.72. The summed E-state index contributed by atoms with van der Waals surface area (Å²) >= 11 is 0. The molecule has 0 unspecified atom stereocenters. The molecule has 134 valence electrons. The number of methoxy groups -OCH3 is 1. The van der Waals surface area contributed by atoms with Crippen molar-refractivity contribution in [1.82, 2.24) is 4.98 Å². The maximum atomic E-state index is 13.0. The van der Waals surface area contributed by atoms with Gasteiger partial charge >= 0.3 is 0 Å². The lowest BCUT2D eigenvalue weighted by Crippen LogP contribution is -2.27. The highest BCUT2D eigenvalue weighted by molar-refractivity contribution is 6.03. The van der Waals surface area contributed by atoms with Crippen LogP contribution in [0.4, 0.5) is 5.69 Å². The number of pyridine rings is 1. The van der Waals surface area contributed by atoms with Crippen LogP contribution in [0.25, 0.3) is 10.9 Å². The molecular weight excluding hydrogens is 336 g/mol. The average molecular weight is 356 g/mol. The molecule has 0 amide bonds. The Hall–Kier alpha value is -3.14. The number of carbonyl (C=O) groups is 1. The van der Waals surface area contributed by atoms with Crippen molar-refractivity contribution < 1.29 is 9.53 Å². The fraction of sp³-hybridized carbons (Fsp3) is 0.217. The molecule has 4 nitrogen and oxygen atoms in total. The Morgan fingerprint density at radius 1 is 1.07 bits per heavy atom. The number of hydrogen-bond donors (Lipinski definition) is 1. The summed E-state index contributed by atoms with van der Waals surface area (Å²) in [5.41, 5.74) is 6.07. The fourth-order valence-corrected chi connectivity index (χ4v) is 4.45. The number of para-hydroxylation sites is 1. The van der Waals surface area contributed by atoms with E-state index in [0.717, 1.165) is 57.6 Å². The Balaban J connectivity index is 1.86. The van der Waals surface area contributed by atoms with Gasteiger partial charge in [-0.05, 0) is 42.7 Å². The predicted octanol–water partition coefficient (Wildman–Crippen LogP) is 4.81. The number of carbonyl (C=O) groups excluding carboxylic acids is 1. The van der Waals surface area contributed by atoms with Gasteiger partial charge in [-0.1, -0.05) is 24.3 Å². The smallest absolute Gasteiger partial charge is 0.161 e. The summed E-state index contributed by atoms with van der Waals surface area (Å²) in [6.45, 7) is 0. The molecule has 1 aliphatic carbocycles. The monoisotopic (exact) mass is 356 g/mol. The van der Waals surface area contributed by atoms with Crippen molar-refractivity contribution in [2.75, 3.05) is 12.4 Å². The van der Waals surface area contributed by atoms with Gasteiger partial charge in [-0.15, -0.1) is 0 Å². The van der Waals surface area contributed by atoms with Gasteiger partial charge in [0.2, 0.25) is 0 Å². The van der Waals surface area contributed by atoms with Crippen LogP contribution in [0, 0.1) is 0 Å². The maximum absolute atomic E-state index is 13.0. The highest BCUT2D eigenvalue weighted by Gasteiger charge is 2.37. The van der Waals surface area contributed by atoms with Crippen LogP contribution >= 0.6 is 0 Å². The zero-order chi connectivity index (χ0) is 18.4. The summed E-state index contributed by atoms with van der Waals surface area (Å²) < 4.78 is 5.67. The van der Waals surface area contributed by atoms with E-state index >= 15 is 0 Å². The van der Waals surface area contributed by atoms with E-state index in [1.165, 1.54) is 0 Å². The first kappa shape index (κ1) is 16.1. The molecule has 2 aromatic carbocycles. The predicted molar refractivity (Wildman–Crippen MR) is 106 cm³/mol.